The maximum atomic E-state index is 12.3. The Morgan fingerprint density at radius 3 is 2.71 bits per heavy atom. The Morgan fingerprint density at radius 1 is 1.35 bits per heavy atom. The molecule has 0 aliphatic carbocycles. The van der Waals surface area contributed by atoms with E-state index in [4.69, 9.17) is 0 Å². The van der Waals surface area contributed by atoms with Gasteiger partial charge in [0.25, 0.3) is 0 Å². The number of alkyl halides is 1. The van der Waals surface area contributed by atoms with E-state index in [1.54, 1.807) is 0 Å². The van der Waals surface area contributed by atoms with E-state index >= 15 is 0 Å². The van der Waals surface area contributed by atoms with Gasteiger partial charge in [-0.25, -0.2) is 0 Å². The third-order valence-corrected chi connectivity index (χ3v) is 5.88. The van der Waals surface area contributed by atoms with Gasteiger partial charge in [-0.15, -0.1) is 0 Å². The van der Waals surface area contributed by atoms with Gasteiger partial charge in [0.15, 0.2) is 0 Å². The van der Waals surface area contributed by atoms with Gasteiger partial charge >= 0.3 is 0 Å². The summed E-state index contributed by atoms with van der Waals surface area (Å²) in [5, 5.41) is 0.931. The van der Waals surface area contributed by atoms with Crippen molar-refractivity contribution in [2.75, 3.05) is 23.4 Å². The number of hydrogen-bond donors (Lipinski definition) is 0. The van der Waals surface area contributed by atoms with Gasteiger partial charge in [-0.2, -0.15) is 11.8 Å². The molecular formula is C13H22BrNOS. The zero-order valence-electron chi connectivity index (χ0n) is 10.5. The largest absolute Gasteiger partial charge is 0.339 e. The van der Waals surface area contributed by atoms with Crippen molar-refractivity contribution < 1.29 is 4.79 Å². The number of thioether (sulfide) groups is 1. The minimum absolute atomic E-state index is 0.399. The van der Waals surface area contributed by atoms with Crippen molar-refractivity contribution in [3.05, 3.63) is 0 Å². The van der Waals surface area contributed by atoms with Crippen molar-refractivity contribution in [1.82, 2.24) is 4.90 Å². The number of likely N-dealkylation sites (tertiary alicyclic amines) is 1. The van der Waals surface area contributed by atoms with Crippen molar-refractivity contribution in [3.63, 3.8) is 0 Å². The lowest BCUT2D eigenvalue weighted by atomic mass is 9.97. The highest BCUT2D eigenvalue weighted by molar-refractivity contribution is 9.09. The first kappa shape index (κ1) is 13.7. The monoisotopic (exact) mass is 319 g/mol. The SMILES string of the molecule is CC1CCN(C(=O)CC2CCSCC2)C1CBr. The molecule has 1 amide bonds. The van der Waals surface area contributed by atoms with Gasteiger partial charge in [0.05, 0.1) is 0 Å². The predicted octanol–water partition coefficient (Wildman–Crippen LogP) is 3.15. The molecule has 2 nitrogen and oxygen atoms in total. The van der Waals surface area contributed by atoms with Crippen molar-refractivity contribution in [2.45, 2.75) is 38.6 Å². The van der Waals surface area contributed by atoms with E-state index in [9.17, 15) is 4.79 Å². The summed E-state index contributed by atoms with van der Waals surface area (Å²) in [6.07, 6.45) is 4.43. The van der Waals surface area contributed by atoms with Crippen LogP contribution in [0.4, 0.5) is 0 Å². The Bertz CT molecular complexity index is 268. The van der Waals surface area contributed by atoms with Gasteiger partial charge in [-0.1, -0.05) is 22.9 Å². The Kier molecular flexibility index (Phi) is 5.22. The average Bonchev–Trinajstić information content (AvgIpc) is 2.71. The van der Waals surface area contributed by atoms with Crippen molar-refractivity contribution in [2.24, 2.45) is 11.8 Å². The second kappa shape index (κ2) is 6.46. The second-order valence-corrected chi connectivity index (χ2v) is 7.21. The van der Waals surface area contributed by atoms with Crippen LogP contribution in [0.3, 0.4) is 0 Å². The van der Waals surface area contributed by atoms with Crippen LogP contribution in [0.5, 0.6) is 0 Å². The molecule has 2 saturated heterocycles. The normalized spacial score (nSPS) is 30.8. The molecule has 2 unspecified atom stereocenters. The highest BCUT2D eigenvalue weighted by Crippen LogP contribution is 2.30. The first-order chi connectivity index (χ1) is 8.22. The predicted molar refractivity (Wildman–Crippen MR) is 77.7 cm³/mol. The highest BCUT2D eigenvalue weighted by atomic mass is 79.9. The number of carbonyl (C=O) groups excluding carboxylic acids is 1. The van der Waals surface area contributed by atoms with Crippen LogP contribution in [0.15, 0.2) is 0 Å². The third kappa shape index (κ3) is 3.40. The molecule has 0 aromatic heterocycles. The molecule has 2 rings (SSSR count). The molecule has 0 aromatic carbocycles. The lowest BCUT2D eigenvalue weighted by Gasteiger charge is -2.28. The molecule has 0 radical (unpaired) electrons. The fourth-order valence-electron chi connectivity index (χ4n) is 2.87. The maximum absolute atomic E-state index is 12.3. The summed E-state index contributed by atoms with van der Waals surface area (Å²) in [5.41, 5.74) is 0. The van der Waals surface area contributed by atoms with Crippen LogP contribution in [0.2, 0.25) is 0 Å². The number of nitrogens with zero attached hydrogens (tertiary/aromatic N) is 1. The molecule has 0 bridgehead atoms. The lowest BCUT2D eigenvalue weighted by molar-refractivity contribution is -0.133. The smallest absolute Gasteiger partial charge is 0.223 e. The minimum atomic E-state index is 0.399. The summed E-state index contributed by atoms with van der Waals surface area (Å²) in [4.78, 5) is 14.5. The molecule has 2 atom stereocenters. The maximum Gasteiger partial charge on any atom is 0.223 e. The number of carbonyl (C=O) groups is 1. The topological polar surface area (TPSA) is 20.3 Å². The standard InChI is InChI=1S/C13H22BrNOS/c1-10-2-5-15(12(10)9-14)13(16)8-11-3-6-17-7-4-11/h10-12H,2-9H2,1H3. The van der Waals surface area contributed by atoms with Crippen molar-refractivity contribution in [3.8, 4) is 0 Å². The summed E-state index contributed by atoms with van der Waals surface area (Å²) in [5.74, 6) is 4.19. The van der Waals surface area contributed by atoms with Gasteiger partial charge in [-0.3, -0.25) is 4.79 Å². The van der Waals surface area contributed by atoms with Gasteiger partial charge in [0.2, 0.25) is 5.91 Å². The summed E-state index contributed by atoms with van der Waals surface area (Å²) < 4.78 is 0. The average molecular weight is 320 g/mol. The molecule has 4 heteroatoms. The van der Waals surface area contributed by atoms with Crippen LogP contribution in [-0.2, 0) is 4.79 Å². The molecule has 2 aliphatic heterocycles. The Labute approximate surface area is 117 Å². The Morgan fingerprint density at radius 2 is 2.06 bits per heavy atom. The summed E-state index contributed by atoms with van der Waals surface area (Å²) in [6, 6.07) is 0.431. The van der Waals surface area contributed by atoms with Crippen LogP contribution >= 0.6 is 27.7 Å². The molecule has 2 heterocycles. The van der Waals surface area contributed by atoms with E-state index in [0.717, 1.165) is 18.3 Å². The van der Waals surface area contributed by atoms with E-state index in [2.05, 4.69) is 27.8 Å². The highest BCUT2D eigenvalue weighted by Gasteiger charge is 2.34. The Balaban J connectivity index is 1.86. The van der Waals surface area contributed by atoms with Gasteiger partial charge in [0, 0.05) is 24.3 Å². The van der Waals surface area contributed by atoms with E-state index in [-0.39, 0.29) is 0 Å². The van der Waals surface area contributed by atoms with Crippen LogP contribution in [0.1, 0.15) is 32.6 Å². The molecule has 2 aliphatic rings. The molecule has 0 aromatic rings. The quantitative estimate of drug-likeness (QED) is 0.745. The second-order valence-electron chi connectivity index (χ2n) is 5.33. The number of rotatable bonds is 3. The number of amides is 1. The van der Waals surface area contributed by atoms with E-state index < -0.39 is 0 Å². The Hall–Kier alpha value is 0.300. The van der Waals surface area contributed by atoms with Crippen LogP contribution in [0.25, 0.3) is 0 Å². The third-order valence-electron chi connectivity index (χ3n) is 4.17. The van der Waals surface area contributed by atoms with Crippen LogP contribution in [-0.4, -0.2) is 40.2 Å². The molecule has 0 saturated carbocycles. The number of halogens is 1. The molecule has 98 valence electrons. The molecule has 0 N–H and O–H groups in total. The van der Waals surface area contributed by atoms with E-state index in [0.29, 0.717) is 23.8 Å². The van der Waals surface area contributed by atoms with Crippen LogP contribution in [0, 0.1) is 11.8 Å². The number of hydrogen-bond acceptors (Lipinski definition) is 2. The first-order valence-electron chi connectivity index (χ1n) is 6.65. The summed E-state index contributed by atoms with van der Waals surface area (Å²) in [7, 11) is 0. The first-order valence-corrected chi connectivity index (χ1v) is 8.93. The minimum Gasteiger partial charge on any atom is -0.339 e. The van der Waals surface area contributed by atoms with E-state index in [1.807, 2.05) is 11.8 Å². The zero-order valence-corrected chi connectivity index (χ0v) is 12.9. The summed E-state index contributed by atoms with van der Waals surface area (Å²) >= 11 is 5.58. The molecule has 17 heavy (non-hydrogen) atoms. The van der Waals surface area contributed by atoms with E-state index in [1.165, 1.54) is 30.8 Å². The zero-order chi connectivity index (χ0) is 12.3. The van der Waals surface area contributed by atoms with Gasteiger partial charge in [-0.05, 0) is 42.6 Å². The molecule has 0 spiro atoms. The van der Waals surface area contributed by atoms with Crippen molar-refractivity contribution >= 4 is 33.6 Å². The lowest BCUT2D eigenvalue weighted by Crippen LogP contribution is -2.39. The van der Waals surface area contributed by atoms with Gasteiger partial charge < -0.3 is 4.90 Å². The molecular weight excluding hydrogens is 298 g/mol. The van der Waals surface area contributed by atoms with Crippen molar-refractivity contribution in [1.29, 1.82) is 0 Å². The van der Waals surface area contributed by atoms with Gasteiger partial charge in [0.1, 0.15) is 0 Å². The fourth-order valence-corrected chi connectivity index (χ4v) is 5.06. The fraction of sp³-hybridized carbons (Fsp3) is 0.923. The van der Waals surface area contributed by atoms with Crippen LogP contribution < -0.4 is 0 Å². The summed E-state index contributed by atoms with van der Waals surface area (Å²) in [6.45, 7) is 3.23. The molecule has 2 fully saturated rings.